The van der Waals surface area contributed by atoms with Crippen LogP contribution in [0.5, 0.6) is 0 Å². The van der Waals surface area contributed by atoms with Crippen LogP contribution in [-0.4, -0.2) is 31.2 Å². The van der Waals surface area contributed by atoms with Gasteiger partial charge >= 0.3 is 0 Å². The van der Waals surface area contributed by atoms with Crippen LogP contribution in [0.3, 0.4) is 0 Å². The van der Waals surface area contributed by atoms with Crippen LogP contribution in [0.4, 0.5) is 17.1 Å². The second-order valence-corrected chi connectivity index (χ2v) is 19.9. The van der Waals surface area contributed by atoms with Gasteiger partial charge in [-0.15, -0.1) is 0 Å². The number of benzene rings is 7. The molecule has 0 aliphatic carbocycles. The molecule has 246 valence electrons. The zero-order valence-electron chi connectivity index (χ0n) is 28.8. The van der Waals surface area contributed by atoms with Gasteiger partial charge in [-0.3, -0.25) is 8.80 Å². The Balaban J connectivity index is 1.29. The van der Waals surface area contributed by atoms with Gasteiger partial charge in [-0.05, 0) is 94.3 Å². The van der Waals surface area contributed by atoms with Gasteiger partial charge in [0.1, 0.15) is 5.52 Å². The van der Waals surface area contributed by atoms with Crippen LogP contribution in [0.15, 0.2) is 133 Å². The largest absolute Gasteiger partial charge is 0.310 e. The number of fused-ring (bicyclic) bond motifs is 12. The van der Waals surface area contributed by atoms with E-state index in [1.807, 2.05) is 24.3 Å². The van der Waals surface area contributed by atoms with Crippen molar-refractivity contribution >= 4 is 102 Å². The first kappa shape index (κ1) is 29.1. The first-order valence-electron chi connectivity index (χ1n) is 17.6. The van der Waals surface area contributed by atoms with Crippen molar-refractivity contribution in [2.45, 2.75) is 19.6 Å². The average Bonchev–Trinajstić information content (AvgIpc) is 3.88. The van der Waals surface area contributed by atoms with Crippen LogP contribution in [0.25, 0.3) is 71.7 Å². The lowest BCUT2D eigenvalue weighted by molar-refractivity contribution is 1.15. The molecule has 0 amide bonds. The van der Waals surface area contributed by atoms with Crippen molar-refractivity contribution < 1.29 is 0 Å². The summed E-state index contributed by atoms with van der Waals surface area (Å²) in [6.45, 7) is 7.13. The number of imidazole rings is 4. The summed E-state index contributed by atoms with van der Waals surface area (Å²) in [4.78, 5) is 12.9. The maximum Gasteiger partial charge on any atom is 0.223 e. The highest BCUT2D eigenvalue weighted by molar-refractivity contribution is 6.88. The van der Waals surface area contributed by atoms with Crippen LogP contribution in [0.2, 0.25) is 19.6 Å². The van der Waals surface area contributed by atoms with E-state index in [-0.39, 0.29) is 0 Å². The van der Waals surface area contributed by atoms with Gasteiger partial charge in [0.05, 0.1) is 58.5 Å². The number of nitrogens with zero attached hydrogens (tertiary/aromatic N) is 7. The van der Waals surface area contributed by atoms with Crippen molar-refractivity contribution in [2.24, 2.45) is 0 Å². The zero-order valence-corrected chi connectivity index (χ0v) is 29.8. The topological polar surface area (TPSA) is 66.0 Å². The summed E-state index contributed by atoms with van der Waals surface area (Å²) in [5.74, 6) is 1.67. The summed E-state index contributed by atoms with van der Waals surface area (Å²) < 4.78 is 6.84. The lowest BCUT2D eigenvalue weighted by atomic mass is 10.1. The van der Waals surface area contributed by atoms with Crippen molar-refractivity contribution in [1.29, 1.82) is 5.26 Å². The molecular formula is C44H31N7Si. The van der Waals surface area contributed by atoms with Crippen molar-refractivity contribution in [1.82, 2.24) is 23.2 Å². The number of hydrogen-bond acceptors (Lipinski definition) is 4. The van der Waals surface area contributed by atoms with E-state index in [9.17, 15) is 5.26 Å². The molecule has 7 aromatic carbocycles. The molecule has 7 nitrogen and oxygen atoms in total. The van der Waals surface area contributed by atoms with E-state index < -0.39 is 8.07 Å². The molecule has 0 bridgehead atoms. The van der Waals surface area contributed by atoms with Gasteiger partial charge in [0, 0.05) is 11.4 Å². The number of hydrogen-bond donors (Lipinski definition) is 0. The Morgan fingerprint density at radius 2 is 0.981 bits per heavy atom. The lowest BCUT2D eigenvalue weighted by Crippen LogP contribution is -2.37. The lowest BCUT2D eigenvalue weighted by Gasteiger charge is -2.27. The molecule has 11 aromatic rings. The Morgan fingerprint density at radius 1 is 0.519 bits per heavy atom. The van der Waals surface area contributed by atoms with Crippen LogP contribution in [0.1, 0.15) is 5.56 Å². The van der Waals surface area contributed by atoms with Gasteiger partial charge in [-0.1, -0.05) is 85.5 Å². The van der Waals surface area contributed by atoms with E-state index in [1.54, 1.807) is 0 Å². The molecule has 0 radical (unpaired) electrons. The fourth-order valence-corrected chi connectivity index (χ4v) is 9.26. The molecule has 0 aliphatic rings. The van der Waals surface area contributed by atoms with Crippen molar-refractivity contribution in [3.8, 4) is 6.07 Å². The van der Waals surface area contributed by atoms with Crippen molar-refractivity contribution in [3.05, 3.63) is 139 Å². The monoisotopic (exact) mass is 685 g/mol. The standard InChI is InChI=1S/C44H31N7Si/c1-52(2,3)35-18-16-33(17-19-35)48(32-14-12-27(26-45)13-15-32)34-24-40-42-41(25-34)50-39-23-31-11-7-5-9-29(31)21-37(39)47-44(50)51(42)43-46-36-20-28-8-4-6-10-30(28)22-38(36)49(40)43/h4-25H,1-3H3. The molecule has 0 saturated carbocycles. The van der Waals surface area contributed by atoms with Gasteiger partial charge in [-0.2, -0.15) is 5.26 Å². The summed E-state index contributed by atoms with van der Waals surface area (Å²) in [6, 6.07) is 49.6. The van der Waals surface area contributed by atoms with Crippen LogP contribution < -0.4 is 10.1 Å². The molecule has 0 spiro atoms. The van der Waals surface area contributed by atoms with E-state index in [4.69, 9.17) is 9.97 Å². The summed E-state index contributed by atoms with van der Waals surface area (Å²) in [5, 5.41) is 15.7. The molecule has 0 saturated heterocycles. The molecule has 0 atom stereocenters. The van der Waals surface area contributed by atoms with Gasteiger partial charge in [0.25, 0.3) is 0 Å². The highest BCUT2D eigenvalue weighted by atomic mass is 28.3. The third-order valence-corrected chi connectivity index (χ3v) is 12.7. The summed E-state index contributed by atoms with van der Waals surface area (Å²) >= 11 is 0. The third kappa shape index (κ3) is 3.99. The van der Waals surface area contributed by atoms with Gasteiger partial charge in [-0.25, -0.2) is 14.4 Å². The molecule has 8 heteroatoms. The second kappa shape index (κ2) is 10.2. The quantitative estimate of drug-likeness (QED) is 0.173. The molecule has 4 aromatic heterocycles. The molecule has 4 heterocycles. The highest BCUT2D eigenvalue weighted by Crippen LogP contribution is 2.42. The van der Waals surface area contributed by atoms with E-state index in [1.165, 1.54) is 16.0 Å². The Bertz CT molecular complexity index is 3120. The fourth-order valence-electron chi connectivity index (χ4n) is 8.10. The van der Waals surface area contributed by atoms with E-state index >= 15 is 0 Å². The molecule has 0 N–H and O–H groups in total. The third-order valence-electron chi connectivity index (χ3n) is 10.7. The van der Waals surface area contributed by atoms with Crippen molar-refractivity contribution in [2.75, 3.05) is 4.90 Å². The molecule has 0 fully saturated rings. The van der Waals surface area contributed by atoms with E-state index in [0.717, 1.165) is 78.0 Å². The summed E-state index contributed by atoms with van der Waals surface area (Å²) in [5.41, 5.74) is 10.8. The molecule has 52 heavy (non-hydrogen) atoms. The van der Waals surface area contributed by atoms with Crippen LogP contribution in [-0.2, 0) is 0 Å². The Hall–Kier alpha value is -6.69. The first-order chi connectivity index (χ1) is 25.3. The smallest absolute Gasteiger partial charge is 0.223 e. The second-order valence-electron chi connectivity index (χ2n) is 14.8. The van der Waals surface area contributed by atoms with Gasteiger partial charge in [0.15, 0.2) is 0 Å². The number of aromatic nitrogens is 5. The minimum absolute atomic E-state index is 0.629. The Morgan fingerprint density at radius 3 is 1.44 bits per heavy atom. The van der Waals surface area contributed by atoms with Crippen LogP contribution in [0, 0.1) is 11.3 Å². The highest BCUT2D eigenvalue weighted by Gasteiger charge is 2.27. The predicted molar refractivity (Wildman–Crippen MR) is 216 cm³/mol. The first-order valence-corrected chi connectivity index (χ1v) is 21.1. The maximum absolute atomic E-state index is 9.66. The Labute approximate surface area is 299 Å². The average molecular weight is 686 g/mol. The number of nitriles is 1. The minimum Gasteiger partial charge on any atom is -0.310 e. The molecule has 11 rings (SSSR count). The number of rotatable bonds is 4. The summed E-state index contributed by atoms with van der Waals surface area (Å²) in [7, 11) is -1.52. The molecule has 0 aliphatic heterocycles. The maximum atomic E-state index is 9.66. The fraction of sp³-hybridized carbons (Fsp3) is 0.0682. The molecular weight excluding hydrogens is 655 g/mol. The van der Waals surface area contributed by atoms with E-state index in [0.29, 0.717) is 5.56 Å². The number of anilines is 3. The zero-order chi connectivity index (χ0) is 34.9. The van der Waals surface area contributed by atoms with Crippen molar-refractivity contribution in [3.63, 3.8) is 0 Å². The minimum atomic E-state index is -1.52. The van der Waals surface area contributed by atoms with Gasteiger partial charge in [0.2, 0.25) is 11.6 Å². The van der Waals surface area contributed by atoms with Gasteiger partial charge < -0.3 is 4.90 Å². The summed E-state index contributed by atoms with van der Waals surface area (Å²) in [6.07, 6.45) is 0. The predicted octanol–water partition coefficient (Wildman–Crippen LogP) is 10.3. The van der Waals surface area contributed by atoms with Crippen LogP contribution >= 0.6 is 0 Å². The van der Waals surface area contributed by atoms with E-state index in [2.05, 4.69) is 153 Å². The SMILES string of the molecule is C[Si](C)(C)c1ccc(N(c2ccc(C#N)cc2)c2cc3c4c(c2)n2c5cc6ccccc6cc5nc2n4c2nc4cc5ccccc5cc4n32)cc1. The normalized spacial score (nSPS) is 12.5. The molecule has 0 unspecified atom stereocenters. The Kier molecular flexibility index (Phi) is 5.70.